The molecule has 0 aliphatic heterocycles. The summed E-state index contributed by atoms with van der Waals surface area (Å²) in [5.74, 6) is -2.06. The van der Waals surface area contributed by atoms with Crippen molar-refractivity contribution in [1.82, 2.24) is 29.1 Å². The van der Waals surface area contributed by atoms with E-state index >= 15 is 0 Å². The van der Waals surface area contributed by atoms with Crippen LogP contribution in [0.5, 0.6) is 5.75 Å². The molecule has 4 aromatic rings. The average molecular weight is 635 g/mol. The minimum Gasteiger partial charge on any atom is -0.455 e. The van der Waals surface area contributed by atoms with Crippen molar-refractivity contribution in [3.05, 3.63) is 75.7 Å². The number of nitrogens with zero attached hydrogens (tertiary/aromatic N) is 6. The van der Waals surface area contributed by atoms with Gasteiger partial charge >= 0.3 is 24.2 Å². The van der Waals surface area contributed by atoms with E-state index in [2.05, 4.69) is 19.9 Å². The Morgan fingerprint density at radius 3 is 2.30 bits per heavy atom. The fraction of sp³-hybridized carbons (Fsp3) is 0.320. The number of benzene rings is 2. The van der Waals surface area contributed by atoms with Crippen molar-refractivity contribution in [2.24, 2.45) is 0 Å². The molecule has 4 rings (SSSR count). The number of hydrogen-bond acceptors (Lipinski definition) is 8. The molecule has 0 aliphatic carbocycles. The van der Waals surface area contributed by atoms with Crippen LogP contribution in [0.2, 0.25) is 5.02 Å². The predicted octanol–water partition coefficient (Wildman–Crippen LogP) is 4.44. The van der Waals surface area contributed by atoms with Crippen LogP contribution in [-0.2, 0) is 22.6 Å². The van der Waals surface area contributed by atoms with Gasteiger partial charge in [0.25, 0.3) is 0 Å². The van der Waals surface area contributed by atoms with Gasteiger partial charge in [-0.05, 0) is 43.3 Å². The molecule has 0 aliphatic rings. The molecule has 230 valence electrons. The van der Waals surface area contributed by atoms with E-state index in [1.54, 1.807) is 0 Å². The first-order valence-electron chi connectivity index (χ1n) is 12.2. The molecule has 0 saturated heterocycles. The number of esters is 1. The van der Waals surface area contributed by atoms with Crippen LogP contribution >= 0.6 is 11.6 Å². The number of para-hydroxylation sites is 2. The second kappa shape index (κ2) is 12.1. The zero-order chi connectivity index (χ0) is 31.7. The Morgan fingerprint density at radius 2 is 1.70 bits per heavy atom. The Kier molecular flexibility index (Phi) is 8.87. The van der Waals surface area contributed by atoms with E-state index in [9.17, 15) is 41.0 Å². The molecule has 0 spiro atoms. The van der Waals surface area contributed by atoms with Crippen LogP contribution in [-0.4, -0.2) is 58.8 Å². The lowest BCUT2D eigenvalue weighted by atomic mass is 10.2. The third kappa shape index (κ3) is 7.53. The second-order valence-corrected chi connectivity index (χ2v) is 9.44. The molecule has 0 radical (unpaired) electrons. The summed E-state index contributed by atoms with van der Waals surface area (Å²) in [4.78, 5) is 29.1. The molecule has 2 aromatic carbocycles. The molecule has 0 amide bonds. The molecule has 2 heterocycles. The van der Waals surface area contributed by atoms with Crippen LogP contribution in [0.15, 0.2) is 53.3 Å². The van der Waals surface area contributed by atoms with Crippen molar-refractivity contribution in [3.63, 3.8) is 0 Å². The molecule has 1 N–H and O–H groups in total. The standard InChI is InChI=1S/C25H21ClF6N6O5/c1-13(42-14(2)39)21-33-20(34-38(21)17-5-3-4-6-18(17)43-25(30,31)32)12-37-23(41)36(11-19(40)24(27,28)29)22(35-37)15-7-9-16(26)10-8-15/h3-10,13,19,40H,11-12H2,1-2H3/t13-,19+/m1/s1. The first kappa shape index (κ1) is 31.6. The summed E-state index contributed by atoms with van der Waals surface area (Å²) < 4.78 is 90.2. The Hall–Kier alpha value is -4.38. The monoisotopic (exact) mass is 634 g/mol. The smallest absolute Gasteiger partial charge is 0.455 e. The van der Waals surface area contributed by atoms with Crippen LogP contribution in [0.25, 0.3) is 17.1 Å². The van der Waals surface area contributed by atoms with Crippen molar-refractivity contribution in [1.29, 1.82) is 0 Å². The van der Waals surface area contributed by atoms with Crippen LogP contribution in [0, 0.1) is 0 Å². The molecule has 18 heteroatoms. The number of rotatable bonds is 9. The topological polar surface area (TPSA) is 126 Å². The Bertz CT molecular complexity index is 1660. The van der Waals surface area contributed by atoms with E-state index < -0.39 is 55.2 Å². The summed E-state index contributed by atoms with van der Waals surface area (Å²) in [7, 11) is 0. The van der Waals surface area contributed by atoms with Gasteiger partial charge in [0.15, 0.2) is 35.4 Å². The summed E-state index contributed by atoms with van der Waals surface area (Å²) >= 11 is 5.89. The first-order valence-corrected chi connectivity index (χ1v) is 12.6. The highest BCUT2D eigenvalue weighted by molar-refractivity contribution is 6.30. The van der Waals surface area contributed by atoms with Crippen LogP contribution in [0.1, 0.15) is 31.6 Å². The zero-order valence-electron chi connectivity index (χ0n) is 22.1. The van der Waals surface area contributed by atoms with Gasteiger partial charge < -0.3 is 14.6 Å². The van der Waals surface area contributed by atoms with Gasteiger partial charge in [0, 0.05) is 17.5 Å². The number of carbonyl (C=O) groups excluding carboxylic acids is 1. The number of aliphatic hydroxyl groups excluding tert-OH is 1. The lowest BCUT2D eigenvalue weighted by molar-refractivity contribution is -0.274. The zero-order valence-corrected chi connectivity index (χ0v) is 22.9. The maximum atomic E-state index is 13.2. The van der Waals surface area contributed by atoms with Crippen LogP contribution in [0.3, 0.4) is 0 Å². The van der Waals surface area contributed by atoms with E-state index in [0.29, 0.717) is 14.3 Å². The lowest BCUT2D eigenvalue weighted by Gasteiger charge is -2.16. The highest BCUT2D eigenvalue weighted by Gasteiger charge is 2.39. The number of aliphatic hydroxyl groups is 1. The molecule has 0 fully saturated rings. The third-order valence-electron chi connectivity index (χ3n) is 5.75. The van der Waals surface area contributed by atoms with Crippen molar-refractivity contribution in [2.75, 3.05) is 0 Å². The quantitative estimate of drug-likeness (QED) is 0.212. The summed E-state index contributed by atoms with van der Waals surface area (Å²) in [6.45, 7) is 0.693. The van der Waals surface area contributed by atoms with Crippen molar-refractivity contribution in [2.45, 2.75) is 51.7 Å². The summed E-state index contributed by atoms with van der Waals surface area (Å²) in [5.41, 5.74) is -1.14. The maximum absolute atomic E-state index is 13.2. The molecule has 0 unspecified atom stereocenters. The van der Waals surface area contributed by atoms with Gasteiger partial charge in [0.2, 0.25) is 0 Å². The Morgan fingerprint density at radius 1 is 1.05 bits per heavy atom. The number of alkyl halides is 6. The highest BCUT2D eigenvalue weighted by atomic mass is 35.5. The second-order valence-electron chi connectivity index (χ2n) is 9.00. The minimum absolute atomic E-state index is 0.165. The highest BCUT2D eigenvalue weighted by Crippen LogP contribution is 2.31. The summed E-state index contributed by atoms with van der Waals surface area (Å²) in [6, 6.07) is 10.5. The van der Waals surface area contributed by atoms with Gasteiger partial charge in [0.05, 0.1) is 6.54 Å². The first-order chi connectivity index (χ1) is 20.0. The van der Waals surface area contributed by atoms with E-state index in [1.165, 1.54) is 49.4 Å². The van der Waals surface area contributed by atoms with Crippen LogP contribution in [0.4, 0.5) is 26.3 Å². The molecule has 11 nitrogen and oxygen atoms in total. The van der Waals surface area contributed by atoms with Gasteiger partial charge in [0.1, 0.15) is 12.2 Å². The van der Waals surface area contributed by atoms with E-state index in [4.69, 9.17) is 16.3 Å². The summed E-state index contributed by atoms with van der Waals surface area (Å²) in [6.07, 6.45) is -14.2. The van der Waals surface area contributed by atoms with Gasteiger partial charge in [-0.25, -0.2) is 19.1 Å². The molecule has 0 bridgehead atoms. The maximum Gasteiger partial charge on any atom is 0.573 e. The largest absolute Gasteiger partial charge is 0.573 e. The van der Waals surface area contributed by atoms with Gasteiger partial charge in [-0.2, -0.15) is 13.2 Å². The molecule has 0 saturated carbocycles. The normalized spacial score (nSPS) is 13.5. The van der Waals surface area contributed by atoms with Crippen molar-refractivity contribution >= 4 is 17.6 Å². The molecule has 2 aromatic heterocycles. The fourth-order valence-corrected chi connectivity index (χ4v) is 4.08. The number of ether oxygens (including phenoxy) is 2. The minimum atomic E-state index is -5.07. The number of halogens is 7. The summed E-state index contributed by atoms with van der Waals surface area (Å²) in [5, 5.41) is 18.3. The van der Waals surface area contributed by atoms with E-state index in [1.807, 2.05) is 0 Å². The number of aromatic nitrogens is 6. The van der Waals surface area contributed by atoms with Gasteiger partial charge in [-0.15, -0.1) is 23.4 Å². The number of carbonyl (C=O) groups is 1. The third-order valence-corrected chi connectivity index (χ3v) is 6.00. The molecular weight excluding hydrogens is 614 g/mol. The average Bonchev–Trinajstić information content (AvgIpc) is 3.45. The van der Waals surface area contributed by atoms with Crippen molar-refractivity contribution in [3.8, 4) is 22.8 Å². The fourth-order valence-electron chi connectivity index (χ4n) is 3.95. The van der Waals surface area contributed by atoms with E-state index in [-0.39, 0.29) is 28.7 Å². The Labute approximate surface area is 242 Å². The predicted molar refractivity (Wildman–Crippen MR) is 136 cm³/mol. The molecule has 43 heavy (non-hydrogen) atoms. The van der Waals surface area contributed by atoms with Gasteiger partial charge in [-0.1, -0.05) is 23.7 Å². The van der Waals surface area contributed by atoms with Gasteiger partial charge in [-0.3, -0.25) is 9.36 Å². The number of hydrogen-bond donors (Lipinski definition) is 1. The van der Waals surface area contributed by atoms with E-state index in [0.717, 1.165) is 17.7 Å². The van der Waals surface area contributed by atoms with Crippen molar-refractivity contribution < 1.29 is 45.7 Å². The van der Waals surface area contributed by atoms with Crippen LogP contribution < -0.4 is 10.4 Å². The SMILES string of the molecule is CC(=O)O[C@H](C)c1nc(Cn2nc(-c3ccc(Cl)cc3)n(C[C@H](O)C(F)(F)F)c2=O)nn1-c1ccccc1OC(F)(F)F. The Balaban J connectivity index is 1.82. The molecular formula is C25H21ClF6N6O5. The molecule has 2 atom stereocenters. The lowest BCUT2D eigenvalue weighted by Crippen LogP contribution is -2.37.